The number of pyridine rings is 1. The van der Waals surface area contributed by atoms with Crippen molar-refractivity contribution in [1.29, 1.82) is 0 Å². The monoisotopic (exact) mass is 327 g/mol. The number of nitrogens with two attached hydrogens (primary N) is 1. The highest BCUT2D eigenvalue weighted by Crippen LogP contribution is 2.29. The number of anilines is 4. The van der Waals surface area contributed by atoms with E-state index >= 15 is 0 Å². The van der Waals surface area contributed by atoms with Gasteiger partial charge in [0.15, 0.2) is 11.6 Å². The minimum atomic E-state index is -0.0998. The number of nitrogen functional groups attached to an aromatic ring is 1. The van der Waals surface area contributed by atoms with Crippen LogP contribution in [0.4, 0.5) is 23.1 Å². The third-order valence-electron chi connectivity index (χ3n) is 3.91. The number of nitrogens with one attached hydrogen (secondary N) is 1. The second-order valence-electron chi connectivity index (χ2n) is 7.00. The zero-order valence-corrected chi connectivity index (χ0v) is 14.5. The summed E-state index contributed by atoms with van der Waals surface area (Å²) in [5, 5.41) is 3.34. The van der Waals surface area contributed by atoms with Gasteiger partial charge in [0.1, 0.15) is 17.8 Å². The summed E-state index contributed by atoms with van der Waals surface area (Å²) in [6.45, 7) is 9.74. The van der Waals surface area contributed by atoms with Gasteiger partial charge in [0.2, 0.25) is 0 Å². The van der Waals surface area contributed by atoms with Crippen molar-refractivity contribution in [2.45, 2.75) is 26.3 Å². The van der Waals surface area contributed by atoms with Gasteiger partial charge < -0.3 is 20.9 Å². The van der Waals surface area contributed by atoms with Gasteiger partial charge in [-0.25, -0.2) is 15.0 Å². The fraction of sp³-hybridized carbons (Fsp3) is 0.471. The average molecular weight is 327 g/mol. The molecule has 1 fully saturated rings. The van der Waals surface area contributed by atoms with E-state index in [9.17, 15) is 0 Å². The fourth-order valence-corrected chi connectivity index (χ4v) is 2.78. The summed E-state index contributed by atoms with van der Waals surface area (Å²) >= 11 is 0. The molecule has 0 atom stereocenters. The quantitative estimate of drug-likeness (QED) is 0.892. The van der Waals surface area contributed by atoms with Crippen LogP contribution in [0.15, 0.2) is 30.7 Å². The molecule has 1 aliphatic heterocycles. The van der Waals surface area contributed by atoms with Crippen molar-refractivity contribution in [1.82, 2.24) is 15.0 Å². The normalized spacial score (nSPS) is 15.5. The van der Waals surface area contributed by atoms with E-state index in [4.69, 9.17) is 5.73 Å². The second-order valence-corrected chi connectivity index (χ2v) is 7.00. The van der Waals surface area contributed by atoms with Crippen LogP contribution in [0.2, 0.25) is 0 Å². The molecule has 0 spiro atoms. The van der Waals surface area contributed by atoms with Crippen molar-refractivity contribution >= 4 is 23.1 Å². The maximum absolute atomic E-state index is 6.31. The van der Waals surface area contributed by atoms with E-state index in [2.05, 4.69) is 50.8 Å². The third kappa shape index (κ3) is 3.67. The van der Waals surface area contributed by atoms with E-state index in [1.165, 1.54) is 0 Å². The SMILES string of the molecule is CC(C)(C)Nc1ncnc(N2CCN(c3ccccn3)CC2)c1N. The summed E-state index contributed by atoms with van der Waals surface area (Å²) in [7, 11) is 0. The summed E-state index contributed by atoms with van der Waals surface area (Å²) in [5.41, 5.74) is 6.82. The van der Waals surface area contributed by atoms with E-state index in [0.717, 1.165) is 37.8 Å². The maximum atomic E-state index is 6.31. The molecule has 2 aromatic rings. The highest BCUT2D eigenvalue weighted by atomic mass is 15.3. The zero-order chi connectivity index (χ0) is 17.2. The lowest BCUT2D eigenvalue weighted by Crippen LogP contribution is -2.47. The number of piperazine rings is 1. The minimum Gasteiger partial charge on any atom is -0.393 e. The third-order valence-corrected chi connectivity index (χ3v) is 3.91. The summed E-state index contributed by atoms with van der Waals surface area (Å²) in [4.78, 5) is 17.6. The lowest BCUT2D eigenvalue weighted by atomic mass is 10.1. The number of aromatic nitrogens is 3. The van der Waals surface area contributed by atoms with Crippen LogP contribution < -0.4 is 20.9 Å². The molecule has 3 heterocycles. The Morgan fingerprint density at radius 2 is 1.71 bits per heavy atom. The van der Waals surface area contributed by atoms with Crippen molar-refractivity contribution in [3.05, 3.63) is 30.7 Å². The van der Waals surface area contributed by atoms with E-state index < -0.39 is 0 Å². The molecule has 128 valence electrons. The van der Waals surface area contributed by atoms with Gasteiger partial charge in [-0.3, -0.25) is 0 Å². The predicted octanol–water partition coefficient (Wildman–Crippen LogP) is 1.99. The largest absolute Gasteiger partial charge is 0.393 e. The van der Waals surface area contributed by atoms with Crippen LogP contribution in [-0.4, -0.2) is 46.7 Å². The molecule has 3 rings (SSSR count). The number of nitrogens with zero attached hydrogens (tertiary/aromatic N) is 5. The Kier molecular flexibility index (Phi) is 4.42. The first-order valence-corrected chi connectivity index (χ1v) is 8.23. The first-order valence-electron chi connectivity index (χ1n) is 8.23. The van der Waals surface area contributed by atoms with Crippen LogP contribution in [0.3, 0.4) is 0 Å². The number of hydrogen-bond acceptors (Lipinski definition) is 7. The minimum absolute atomic E-state index is 0.0998. The molecule has 24 heavy (non-hydrogen) atoms. The standard InChI is InChI=1S/C17H25N7/c1-17(2,3)22-15-14(18)16(21-12-20-15)24-10-8-23(9-11-24)13-6-4-5-7-19-13/h4-7,12H,8-11,18H2,1-3H3,(H,20,21,22). The Balaban J connectivity index is 1.71. The molecule has 0 saturated carbocycles. The van der Waals surface area contributed by atoms with E-state index in [1.54, 1.807) is 6.33 Å². The molecular weight excluding hydrogens is 302 g/mol. The van der Waals surface area contributed by atoms with Crippen molar-refractivity contribution in [3.8, 4) is 0 Å². The molecule has 1 aliphatic rings. The van der Waals surface area contributed by atoms with Gasteiger partial charge in [-0.1, -0.05) is 6.07 Å². The molecule has 0 aliphatic carbocycles. The van der Waals surface area contributed by atoms with E-state index in [0.29, 0.717) is 11.5 Å². The molecule has 0 unspecified atom stereocenters. The molecule has 2 aromatic heterocycles. The van der Waals surface area contributed by atoms with Crippen molar-refractivity contribution in [3.63, 3.8) is 0 Å². The van der Waals surface area contributed by atoms with Crippen LogP contribution in [0.1, 0.15) is 20.8 Å². The summed E-state index contributed by atoms with van der Waals surface area (Å²) in [5.74, 6) is 2.51. The average Bonchev–Trinajstić information content (AvgIpc) is 2.57. The maximum Gasteiger partial charge on any atom is 0.157 e. The molecule has 0 aromatic carbocycles. The summed E-state index contributed by atoms with van der Waals surface area (Å²) in [6, 6.07) is 5.99. The number of rotatable bonds is 3. The van der Waals surface area contributed by atoms with Gasteiger partial charge in [0.05, 0.1) is 0 Å². The van der Waals surface area contributed by atoms with Crippen LogP contribution in [0.25, 0.3) is 0 Å². The Labute approximate surface area is 142 Å². The van der Waals surface area contributed by atoms with Gasteiger partial charge >= 0.3 is 0 Å². The van der Waals surface area contributed by atoms with Gasteiger partial charge in [0.25, 0.3) is 0 Å². The Bertz CT molecular complexity index is 673. The highest BCUT2D eigenvalue weighted by Gasteiger charge is 2.23. The highest BCUT2D eigenvalue weighted by molar-refractivity contribution is 5.75. The molecule has 7 nitrogen and oxygen atoms in total. The first-order chi connectivity index (χ1) is 11.4. The van der Waals surface area contributed by atoms with E-state index in [1.807, 2.05) is 24.4 Å². The van der Waals surface area contributed by atoms with E-state index in [-0.39, 0.29) is 5.54 Å². The number of hydrogen-bond donors (Lipinski definition) is 2. The predicted molar refractivity (Wildman–Crippen MR) is 98.5 cm³/mol. The van der Waals surface area contributed by atoms with Gasteiger partial charge in [-0.05, 0) is 32.9 Å². The molecule has 0 amide bonds. The Morgan fingerprint density at radius 1 is 1.00 bits per heavy atom. The van der Waals surface area contributed by atoms with Crippen LogP contribution in [-0.2, 0) is 0 Å². The molecule has 1 saturated heterocycles. The second kappa shape index (κ2) is 6.51. The Morgan fingerprint density at radius 3 is 2.33 bits per heavy atom. The molecule has 7 heteroatoms. The zero-order valence-electron chi connectivity index (χ0n) is 14.5. The molecular formula is C17H25N7. The molecule has 3 N–H and O–H groups in total. The van der Waals surface area contributed by atoms with Crippen LogP contribution >= 0.6 is 0 Å². The lowest BCUT2D eigenvalue weighted by Gasteiger charge is -2.36. The fourth-order valence-electron chi connectivity index (χ4n) is 2.78. The summed E-state index contributed by atoms with van der Waals surface area (Å²) < 4.78 is 0. The molecule has 0 radical (unpaired) electrons. The molecule has 0 bridgehead atoms. The van der Waals surface area contributed by atoms with Crippen LogP contribution in [0, 0.1) is 0 Å². The Hall–Kier alpha value is -2.57. The van der Waals surface area contributed by atoms with Gasteiger partial charge in [-0.2, -0.15) is 0 Å². The summed E-state index contributed by atoms with van der Waals surface area (Å²) in [6.07, 6.45) is 3.40. The van der Waals surface area contributed by atoms with Gasteiger partial charge in [-0.15, -0.1) is 0 Å². The van der Waals surface area contributed by atoms with Crippen molar-refractivity contribution < 1.29 is 0 Å². The van der Waals surface area contributed by atoms with Crippen molar-refractivity contribution in [2.75, 3.05) is 47.0 Å². The van der Waals surface area contributed by atoms with Gasteiger partial charge in [0, 0.05) is 37.9 Å². The lowest BCUT2D eigenvalue weighted by molar-refractivity contribution is 0.628. The topological polar surface area (TPSA) is 83.2 Å². The van der Waals surface area contributed by atoms with Crippen LogP contribution in [0.5, 0.6) is 0 Å². The first kappa shape index (κ1) is 16.3. The van der Waals surface area contributed by atoms with Crippen molar-refractivity contribution in [2.24, 2.45) is 0 Å². The smallest absolute Gasteiger partial charge is 0.157 e.